The molecule has 9 nitrogen and oxygen atoms in total. The summed E-state index contributed by atoms with van der Waals surface area (Å²) in [6.07, 6.45) is 0.579. The molecule has 0 spiro atoms. The number of methoxy groups -OCH3 is 1. The molecular weight excluding hydrogens is 457 g/mol. The molecule has 0 unspecified atom stereocenters. The van der Waals surface area contributed by atoms with Crippen molar-refractivity contribution >= 4 is 22.6 Å². The molecule has 35 heavy (non-hydrogen) atoms. The number of aromatic nitrogens is 2. The van der Waals surface area contributed by atoms with E-state index in [9.17, 15) is 19.1 Å². The molecule has 0 amide bonds. The van der Waals surface area contributed by atoms with Crippen molar-refractivity contribution in [3.05, 3.63) is 50.6 Å². The Labute approximate surface area is 199 Å². The number of anilines is 1. The molecule has 0 aliphatic carbocycles. The zero-order valence-corrected chi connectivity index (χ0v) is 19.6. The molecule has 2 aromatic heterocycles. The second-order valence-corrected chi connectivity index (χ2v) is 9.17. The zero-order chi connectivity index (χ0) is 24.6. The number of fused-ring (bicyclic) bond motifs is 7. The summed E-state index contributed by atoms with van der Waals surface area (Å²) in [5.74, 6) is -1.10. The molecule has 0 saturated carbocycles. The minimum atomic E-state index is -1.91. The van der Waals surface area contributed by atoms with Gasteiger partial charge in [0.1, 0.15) is 6.61 Å². The summed E-state index contributed by atoms with van der Waals surface area (Å²) in [5, 5.41) is 11.9. The Bertz CT molecular complexity index is 1500. The van der Waals surface area contributed by atoms with Gasteiger partial charge >= 0.3 is 5.97 Å². The SMILES string of the molecule is CC[C@@]1(O)C(=O)OCc2c1cc1n(c2=O)Cc2c-1nc1cc(F)c3c(c1c2CCOC)N(C)CO3. The maximum absolute atomic E-state index is 14.9. The molecule has 3 aromatic rings. The number of aliphatic hydroxyl groups is 1. The van der Waals surface area contributed by atoms with E-state index in [0.717, 1.165) is 16.5 Å². The lowest BCUT2D eigenvalue weighted by Crippen LogP contribution is -2.44. The molecule has 6 rings (SSSR count). The minimum Gasteiger partial charge on any atom is -0.468 e. The molecule has 1 atom stereocenters. The molecule has 0 bridgehead atoms. The van der Waals surface area contributed by atoms with Gasteiger partial charge < -0.3 is 28.8 Å². The number of pyridine rings is 2. The molecule has 182 valence electrons. The van der Waals surface area contributed by atoms with Gasteiger partial charge in [-0.2, -0.15) is 0 Å². The second-order valence-electron chi connectivity index (χ2n) is 9.17. The number of esters is 1. The van der Waals surface area contributed by atoms with Crippen LogP contribution in [0.5, 0.6) is 5.75 Å². The minimum absolute atomic E-state index is 0.0580. The van der Waals surface area contributed by atoms with Crippen LogP contribution in [0.4, 0.5) is 10.1 Å². The van der Waals surface area contributed by atoms with E-state index in [4.69, 9.17) is 19.2 Å². The van der Waals surface area contributed by atoms with Crippen LogP contribution in [0.15, 0.2) is 16.9 Å². The molecule has 0 fully saturated rings. The van der Waals surface area contributed by atoms with Gasteiger partial charge in [0.2, 0.25) is 0 Å². The molecule has 3 aliphatic rings. The lowest BCUT2D eigenvalue weighted by molar-refractivity contribution is -0.172. The number of rotatable bonds is 4. The number of hydrogen-bond donors (Lipinski definition) is 1. The number of carbonyl (C=O) groups is 1. The molecule has 0 radical (unpaired) electrons. The highest BCUT2D eigenvalue weighted by molar-refractivity contribution is 6.01. The third-order valence-corrected chi connectivity index (χ3v) is 7.31. The molecular formula is C25H24FN3O6. The van der Waals surface area contributed by atoms with Gasteiger partial charge in [0.15, 0.2) is 23.9 Å². The Hall–Kier alpha value is -3.50. The largest absolute Gasteiger partial charge is 0.468 e. The molecule has 0 saturated heterocycles. The zero-order valence-electron chi connectivity index (χ0n) is 19.6. The highest BCUT2D eigenvalue weighted by Crippen LogP contribution is 2.47. The predicted molar refractivity (Wildman–Crippen MR) is 124 cm³/mol. The smallest absolute Gasteiger partial charge is 0.343 e. The van der Waals surface area contributed by atoms with Crippen molar-refractivity contribution in [3.63, 3.8) is 0 Å². The maximum atomic E-state index is 14.9. The van der Waals surface area contributed by atoms with Gasteiger partial charge in [0, 0.05) is 36.7 Å². The van der Waals surface area contributed by atoms with E-state index in [1.807, 2.05) is 11.9 Å². The standard InChI is InChI=1S/C25H24FN3O6/c1-4-25(32)15-7-18-20-13(9-29(18)23(30)14(15)10-34-24(25)31)12(5-6-33-3)19-17(27-20)8-16(26)22-21(19)28(2)11-35-22/h7-8,32H,4-6,9-11H2,1-3H3/t25-/m0/s1. The Kier molecular flexibility index (Phi) is 4.71. The van der Waals surface area contributed by atoms with Crippen molar-refractivity contribution < 1.29 is 28.5 Å². The summed E-state index contributed by atoms with van der Waals surface area (Å²) < 4.78 is 32.6. The topological polar surface area (TPSA) is 103 Å². The number of carbonyl (C=O) groups excluding carboxylic acids is 1. The summed E-state index contributed by atoms with van der Waals surface area (Å²) >= 11 is 0. The van der Waals surface area contributed by atoms with Gasteiger partial charge in [-0.05, 0) is 24.5 Å². The fraction of sp³-hybridized carbons (Fsp3) is 0.400. The lowest BCUT2D eigenvalue weighted by Gasteiger charge is -2.31. The number of cyclic esters (lactones) is 1. The van der Waals surface area contributed by atoms with E-state index >= 15 is 0 Å². The van der Waals surface area contributed by atoms with Crippen molar-refractivity contribution in [2.24, 2.45) is 0 Å². The van der Waals surface area contributed by atoms with Crippen LogP contribution in [0.3, 0.4) is 0 Å². The van der Waals surface area contributed by atoms with Gasteiger partial charge in [0.05, 0.1) is 41.3 Å². The summed E-state index contributed by atoms with van der Waals surface area (Å²) in [4.78, 5) is 32.6. The van der Waals surface area contributed by atoms with E-state index in [-0.39, 0.29) is 48.7 Å². The van der Waals surface area contributed by atoms with Crippen LogP contribution in [-0.2, 0) is 39.4 Å². The van der Waals surface area contributed by atoms with Crippen LogP contribution >= 0.6 is 0 Å². The number of ether oxygens (including phenoxy) is 3. The first-order chi connectivity index (χ1) is 16.8. The Balaban J connectivity index is 1.67. The number of benzene rings is 1. The van der Waals surface area contributed by atoms with Crippen LogP contribution in [0.2, 0.25) is 0 Å². The highest BCUT2D eigenvalue weighted by Gasteiger charge is 2.45. The van der Waals surface area contributed by atoms with Crippen LogP contribution in [0.25, 0.3) is 22.3 Å². The first-order valence-corrected chi connectivity index (χ1v) is 11.5. The second kappa shape index (κ2) is 7.50. The third kappa shape index (κ3) is 2.83. The number of hydrogen-bond acceptors (Lipinski definition) is 8. The first kappa shape index (κ1) is 22.0. The van der Waals surface area contributed by atoms with E-state index in [2.05, 4.69) is 0 Å². The molecule has 5 heterocycles. The van der Waals surface area contributed by atoms with E-state index < -0.39 is 17.4 Å². The van der Waals surface area contributed by atoms with E-state index in [1.54, 1.807) is 24.7 Å². The molecule has 1 aromatic carbocycles. The Morgan fingerprint density at radius 1 is 1.26 bits per heavy atom. The average molecular weight is 481 g/mol. The number of halogens is 1. The van der Waals surface area contributed by atoms with Gasteiger partial charge in [-0.15, -0.1) is 0 Å². The van der Waals surface area contributed by atoms with Crippen molar-refractivity contribution in [3.8, 4) is 17.1 Å². The Morgan fingerprint density at radius 3 is 2.80 bits per heavy atom. The summed E-state index contributed by atoms with van der Waals surface area (Å²) in [7, 11) is 3.44. The quantitative estimate of drug-likeness (QED) is 0.443. The predicted octanol–water partition coefficient (Wildman–Crippen LogP) is 2.19. The van der Waals surface area contributed by atoms with Crippen molar-refractivity contribution in [2.45, 2.75) is 38.5 Å². The van der Waals surface area contributed by atoms with Crippen LogP contribution in [0.1, 0.15) is 35.6 Å². The van der Waals surface area contributed by atoms with Crippen molar-refractivity contribution in [1.29, 1.82) is 0 Å². The summed E-state index contributed by atoms with van der Waals surface area (Å²) in [5.41, 5.74) is 2.06. The van der Waals surface area contributed by atoms with E-state index in [1.165, 1.54) is 6.07 Å². The van der Waals surface area contributed by atoms with Crippen LogP contribution < -0.4 is 15.2 Å². The molecule has 3 aliphatic heterocycles. The highest BCUT2D eigenvalue weighted by atomic mass is 19.1. The van der Waals surface area contributed by atoms with Gasteiger partial charge in [-0.3, -0.25) is 4.79 Å². The van der Waals surface area contributed by atoms with Crippen LogP contribution in [0, 0.1) is 5.82 Å². The van der Waals surface area contributed by atoms with Crippen LogP contribution in [-0.4, -0.2) is 48.1 Å². The molecule has 10 heteroatoms. The third-order valence-electron chi connectivity index (χ3n) is 7.31. The summed E-state index contributed by atoms with van der Waals surface area (Å²) in [6.45, 7) is 2.36. The first-order valence-electron chi connectivity index (χ1n) is 11.5. The summed E-state index contributed by atoms with van der Waals surface area (Å²) in [6, 6.07) is 3.01. The van der Waals surface area contributed by atoms with Crippen molar-refractivity contribution in [1.82, 2.24) is 9.55 Å². The van der Waals surface area contributed by atoms with Crippen molar-refractivity contribution in [2.75, 3.05) is 32.4 Å². The fourth-order valence-electron chi connectivity index (χ4n) is 5.47. The maximum Gasteiger partial charge on any atom is 0.343 e. The lowest BCUT2D eigenvalue weighted by atomic mass is 9.86. The van der Waals surface area contributed by atoms with Gasteiger partial charge in [-0.25, -0.2) is 14.2 Å². The average Bonchev–Trinajstić information content (AvgIpc) is 3.41. The normalized spacial score (nSPS) is 19.8. The van der Waals surface area contributed by atoms with Gasteiger partial charge in [-0.1, -0.05) is 6.92 Å². The number of nitrogens with zero attached hydrogens (tertiary/aromatic N) is 3. The van der Waals surface area contributed by atoms with Gasteiger partial charge in [0.25, 0.3) is 5.56 Å². The molecule has 1 N–H and O–H groups in total. The monoisotopic (exact) mass is 481 g/mol. The van der Waals surface area contributed by atoms with E-state index in [0.29, 0.717) is 35.6 Å². The Morgan fingerprint density at radius 2 is 2.06 bits per heavy atom. The fourth-order valence-corrected chi connectivity index (χ4v) is 5.47.